The average Bonchev–Trinajstić information content (AvgIpc) is 2.92. The predicted octanol–water partition coefficient (Wildman–Crippen LogP) is 1.37. The Morgan fingerprint density at radius 1 is 1.20 bits per heavy atom. The van der Waals surface area contributed by atoms with Gasteiger partial charge in [0.1, 0.15) is 6.54 Å². The quantitative estimate of drug-likeness (QED) is 0.704. The fourth-order valence-electron chi connectivity index (χ4n) is 2.76. The summed E-state index contributed by atoms with van der Waals surface area (Å²) in [6.07, 6.45) is 1.61. The number of benzene rings is 1. The first kappa shape index (κ1) is 16.9. The number of carbonyl (C=O) groups excluding carboxylic acids is 1. The lowest BCUT2D eigenvalue weighted by molar-refractivity contribution is -0.130. The number of aromatic nitrogens is 4. The van der Waals surface area contributed by atoms with Crippen LogP contribution in [0, 0.1) is 13.8 Å². The first-order valence-electron chi connectivity index (χ1n) is 8.15. The second kappa shape index (κ2) is 6.88. The first-order chi connectivity index (χ1) is 12.0. The molecule has 0 atom stereocenters. The Hall–Kier alpha value is -2.96. The van der Waals surface area contributed by atoms with Crippen LogP contribution < -0.4 is 5.56 Å². The van der Waals surface area contributed by atoms with Gasteiger partial charge in [0.15, 0.2) is 0 Å². The largest absolute Gasteiger partial charge is 0.342 e. The van der Waals surface area contributed by atoms with Gasteiger partial charge < -0.3 is 4.90 Å². The molecule has 7 heteroatoms. The molecule has 0 aliphatic heterocycles. The number of fused-ring (bicyclic) bond motifs is 1. The Labute approximate surface area is 145 Å². The van der Waals surface area contributed by atoms with Crippen molar-refractivity contribution in [2.45, 2.75) is 26.9 Å². The zero-order chi connectivity index (χ0) is 18.0. The number of amides is 1. The third-order valence-corrected chi connectivity index (χ3v) is 4.22. The van der Waals surface area contributed by atoms with Crippen LogP contribution >= 0.6 is 0 Å². The van der Waals surface area contributed by atoms with Crippen LogP contribution in [0.5, 0.6) is 0 Å². The van der Waals surface area contributed by atoms with Gasteiger partial charge in [-0.2, -0.15) is 10.2 Å². The van der Waals surface area contributed by atoms with Crippen LogP contribution in [0.25, 0.3) is 10.8 Å². The maximum Gasteiger partial charge on any atom is 0.275 e. The molecule has 0 saturated heterocycles. The molecular formula is C18H21N5O2. The lowest BCUT2D eigenvalue weighted by Gasteiger charge is -2.18. The second-order valence-electron chi connectivity index (χ2n) is 6.16. The maximum absolute atomic E-state index is 12.4. The van der Waals surface area contributed by atoms with E-state index in [1.165, 1.54) is 4.68 Å². The maximum atomic E-state index is 12.4. The Morgan fingerprint density at radius 3 is 2.68 bits per heavy atom. The van der Waals surface area contributed by atoms with Gasteiger partial charge in [0, 0.05) is 24.7 Å². The highest BCUT2D eigenvalue weighted by atomic mass is 16.2. The van der Waals surface area contributed by atoms with Crippen molar-refractivity contribution >= 4 is 16.7 Å². The minimum absolute atomic E-state index is 0.0721. The summed E-state index contributed by atoms with van der Waals surface area (Å²) in [6.45, 7) is 4.99. The molecule has 0 unspecified atom stereocenters. The third kappa shape index (κ3) is 3.60. The number of nitrogens with zero attached hydrogens (tertiary/aromatic N) is 5. The van der Waals surface area contributed by atoms with Crippen molar-refractivity contribution in [3.63, 3.8) is 0 Å². The number of likely N-dealkylation sites (N-methyl/N-ethyl adjacent to an activating group) is 1. The van der Waals surface area contributed by atoms with Crippen molar-refractivity contribution in [3.05, 3.63) is 58.3 Å². The summed E-state index contributed by atoms with van der Waals surface area (Å²) in [7, 11) is 1.72. The molecule has 130 valence electrons. The van der Waals surface area contributed by atoms with Crippen molar-refractivity contribution in [2.24, 2.45) is 0 Å². The van der Waals surface area contributed by atoms with Crippen molar-refractivity contribution in [3.8, 4) is 0 Å². The molecule has 1 amide bonds. The molecule has 0 bridgehead atoms. The van der Waals surface area contributed by atoms with Gasteiger partial charge in [-0.15, -0.1) is 0 Å². The van der Waals surface area contributed by atoms with Crippen LogP contribution in [0.15, 0.2) is 41.3 Å². The van der Waals surface area contributed by atoms with Crippen molar-refractivity contribution in [1.29, 1.82) is 0 Å². The third-order valence-electron chi connectivity index (χ3n) is 4.22. The van der Waals surface area contributed by atoms with E-state index in [4.69, 9.17) is 0 Å². The van der Waals surface area contributed by atoms with Crippen molar-refractivity contribution in [1.82, 2.24) is 24.5 Å². The lowest BCUT2D eigenvalue weighted by atomic mass is 10.2. The van der Waals surface area contributed by atoms with E-state index in [2.05, 4.69) is 10.2 Å². The molecule has 2 aromatic heterocycles. The summed E-state index contributed by atoms with van der Waals surface area (Å²) in [4.78, 5) is 26.4. The molecule has 2 heterocycles. The monoisotopic (exact) mass is 339 g/mol. The van der Waals surface area contributed by atoms with E-state index in [1.54, 1.807) is 30.3 Å². The predicted molar refractivity (Wildman–Crippen MR) is 95.3 cm³/mol. The van der Waals surface area contributed by atoms with Gasteiger partial charge in [-0.05, 0) is 26.0 Å². The smallest absolute Gasteiger partial charge is 0.275 e. The zero-order valence-corrected chi connectivity index (χ0v) is 14.6. The highest BCUT2D eigenvalue weighted by Gasteiger charge is 2.13. The van der Waals surface area contributed by atoms with E-state index in [-0.39, 0.29) is 18.0 Å². The standard InChI is InChI=1S/C18H21N5O2/c1-13-10-14(2)22(20-13)9-8-21(3)17(24)12-23-18(25)16-7-5-4-6-15(16)11-19-23/h4-7,10-11H,8-9,12H2,1-3H3. The van der Waals surface area contributed by atoms with E-state index in [9.17, 15) is 9.59 Å². The molecule has 0 aliphatic rings. The molecule has 0 fully saturated rings. The number of hydrogen-bond donors (Lipinski definition) is 0. The molecule has 3 rings (SSSR count). The van der Waals surface area contributed by atoms with Crippen LogP contribution in [0.2, 0.25) is 0 Å². The van der Waals surface area contributed by atoms with Gasteiger partial charge in [-0.3, -0.25) is 14.3 Å². The molecule has 0 radical (unpaired) electrons. The van der Waals surface area contributed by atoms with Gasteiger partial charge in [0.05, 0.1) is 23.8 Å². The Balaban J connectivity index is 1.68. The van der Waals surface area contributed by atoms with Crippen LogP contribution in [-0.2, 0) is 17.9 Å². The van der Waals surface area contributed by atoms with Crippen LogP contribution in [0.3, 0.4) is 0 Å². The molecule has 0 N–H and O–H groups in total. The highest BCUT2D eigenvalue weighted by molar-refractivity contribution is 5.81. The fourth-order valence-corrected chi connectivity index (χ4v) is 2.76. The molecule has 7 nitrogen and oxygen atoms in total. The summed E-state index contributed by atoms with van der Waals surface area (Å²) in [6, 6.07) is 9.23. The summed E-state index contributed by atoms with van der Waals surface area (Å²) in [5, 5.41) is 9.83. The van der Waals surface area contributed by atoms with E-state index < -0.39 is 0 Å². The van der Waals surface area contributed by atoms with Gasteiger partial charge in [0.25, 0.3) is 5.56 Å². The molecule has 25 heavy (non-hydrogen) atoms. The summed E-state index contributed by atoms with van der Waals surface area (Å²) < 4.78 is 3.09. The summed E-state index contributed by atoms with van der Waals surface area (Å²) >= 11 is 0. The van der Waals surface area contributed by atoms with Crippen molar-refractivity contribution in [2.75, 3.05) is 13.6 Å². The Kier molecular flexibility index (Phi) is 4.65. The molecule has 0 spiro atoms. The number of rotatable bonds is 5. The lowest BCUT2D eigenvalue weighted by Crippen LogP contribution is -2.36. The van der Waals surface area contributed by atoms with E-state index in [0.717, 1.165) is 16.8 Å². The number of hydrogen-bond acceptors (Lipinski definition) is 4. The minimum Gasteiger partial charge on any atom is -0.342 e. The topological polar surface area (TPSA) is 73.0 Å². The van der Waals surface area contributed by atoms with E-state index in [1.807, 2.05) is 36.7 Å². The minimum atomic E-state index is -0.251. The molecule has 0 aliphatic carbocycles. The van der Waals surface area contributed by atoms with Gasteiger partial charge >= 0.3 is 0 Å². The van der Waals surface area contributed by atoms with Gasteiger partial charge in [0.2, 0.25) is 5.91 Å². The van der Waals surface area contributed by atoms with Gasteiger partial charge in [-0.25, -0.2) is 4.68 Å². The van der Waals surface area contributed by atoms with E-state index >= 15 is 0 Å². The van der Waals surface area contributed by atoms with Crippen LogP contribution in [0.4, 0.5) is 0 Å². The first-order valence-corrected chi connectivity index (χ1v) is 8.15. The molecule has 1 aromatic carbocycles. The second-order valence-corrected chi connectivity index (χ2v) is 6.16. The number of aryl methyl sites for hydroxylation is 2. The van der Waals surface area contributed by atoms with Gasteiger partial charge in [-0.1, -0.05) is 18.2 Å². The Bertz CT molecular complexity index is 973. The highest BCUT2D eigenvalue weighted by Crippen LogP contribution is 2.06. The molecular weight excluding hydrogens is 318 g/mol. The number of carbonyl (C=O) groups is 1. The van der Waals surface area contributed by atoms with Crippen LogP contribution in [0.1, 0.15) is 11.4 Å². The summed E-state index contributed by atoms with van der Waals surface area (Å²) in [5.41, 5.74) is 1.77. The fraction of sp³-hybridized carbons (Fsp3) is 0.333. The summed E-state index contributed by atoms with van der Waals surface area (Å²) in [5.74, 6) is -0.161. The molecule has 0 saturated carbocycles. The van der Waals surface area contributed by atoms with E-state index in [0.29, 0.717) is 18.5 Å². The Morgan fingerprint density at radius 2 is 1.96 bits per heavy atom. The normalized spacial score (nSPS) is 11.0. The molecule has 3 aromatic rings. The van der Waals surface area contributed by atoms with Crippen molar-refractivity contribution < 1.29 is 4.79 Å². The SMILES string of the molecule is Cc1cc(C)n(CCN(C)C(=O)Cn2ncc3ccccc3c2=O)n1. The average molecular weight is 339 g/mol. The van der Waals surface area contributed by atoms with Crippen LogP contribution in [-0.4, -0.2) is 44.0 Å². The zero-order valence-electron chi connectivity index (χ0n) is 14.6.